The first-order chi connectivity index (χ1) is 17.7. The van der Waals surface area contributed by atoms with E-state index in [0.29, 0.717) is 23.4 Å². The Balaban J connectivity index is 1.58. The zero-order valence-corrected chi connectivity index (χ0v) is 19.9. The van der Waals surface area contributed by atoms with E-state index < -0.39 is 35.7 Å². The molecule has 2 aromatic carbocycles. The van der Waals surface area contributed by atoms with Crippen LogP contribution in [0.4, 0.5) is 18.0 Å². The lowest BCUT2D eigenvalue weighted by Crippen LogP contribution is -2.45. The van der Waals surface area contributed by atoms with Gasteiger partial charge in [-0.05, 0) is 65.9 Å². The molecule has 2 unspecified atom stereocenters. The smallest absolute Gasteiger partial charge is 0.416 e. The number of aryl methyl sites for hydroxylation is 1. The van der Waals surface area contributed by atoms with Gasteiger partial charge in [-0.25, -0.2) is 9.79 Å². The molecule has 1 aliphatic rings. The maximum atomic E-state index is 13.4. The van der Waals surface area contributed by atoms with Crippen LogP contribution in [0.1, 0.15) is 34.7 Å². The summed E-state index contributed by atoms with van der Waals surface area (Å²) in [4.78, 5) is 33.9. The van der Waals surface area contributed by atoms with E-state index in [2.05, 4.69) is 15.3 Å². The number of esters is 1. The zero-order valence-electron chi connectivity index (χ0n) is 19.9. The van der Waals surface area contributed by atoms with Crippen LogP contribution >= 0.6 is 0 Å². The number of ether oxygens (including phenoxy) is 2. The molecule has 0 radical (unpaired) electrons. The molecule has 2 amide bonds. The monoisotopic (exact) mass is 511 g/mol. The van der Waals surface area contributed by atoms with Crippen molar-refractivity contribution >= 4 is 17.7 Å². The highest BCUT2D eigenvalue weighted by Crippen LogP contribution is 2.32. The van der Waals surface area contributed by atoms with E-state index in [4.69, 9.17) is 9.47 Å². The minimum Gasteiger partial charge on any atom is -0.497 e. The lowest BCUT2D eigenvalue weighted by molar-refractivity contribution is -0.148. The molecule has 1 aromatic heterocycles. The highest BCUT2D eigenvalue weighted by atomic mass is 19.4. The summed E-state index contributed by atoms with van der Waals surface area (Å²) < 4.78 is 50.0. The molecule has 0 saturated heterocycles. The minimum absolute atomic E-state index is 0.193. The SMILES string of the molecule is COc1cccc(CCC2=NC(=O)NC(c3ccncc3)C2C(=O)OCc2cccc(C(F)(F)F)c2)c1. The van der Waals surface area contributed by atoms with Crippen LogP contribution in [-0.4, -0.2) is 29.8 Å². The molecule has 0 saturated carbocycles. The number of rotatable bonds is 8. The summed E-state index contributed by atoms with van der Waals surface area (Å²) in [6.45, 7) is -0.362. The van der Waals surface area contributed by atoms with Crippen molar-refractivity contribution in [2.45, 2.75) is 31.7 Å². The number of pyridine rings is 1. The van der Waals surface area contributed by atoms with Crippen LogP contribution in [-0.2, 0) is 28.7 Å². The van der Waals surface area contributed by atoms with Crippen LogP contribution in [0.5, 0.6) is 5.75 Å². The summed E-state index contributed by atoms with van der Waals surface area (Å²) in [7, 11) is 1.56. The summed E-state index contributed by atoms with van der Waals surface area (Å²) >= 11 is 0. The number of nitrogens with one attached hydrogen (secondary N) is 1. The van der Waals surface area contributed by atoms with Gasteiger partial charge in [-0.3, -0.25) is 9.78 Å². The predicted molar refractivity (Wildman–Crippen MR) is 129 cm³/mol. The number of alkyl halides is 3. The maximum absolute atomic E-state index is 13.4. The van der Waals surface area contributed by atoms with Crippen LogP contribution in [0.15, 0.2) is 78.0 Å². The van der Waals surface area contributed by atoms with Crippen molar-refractivity contribution in [2.24, 2.45) is 10.9 Å². The van der Waals surface area contributed by atoms with Crippen LogP contribution in [0.3, 0.4) is 0 Å². The molecule has 1 aliphatic heterocycles. The second-order valence-electron chi connectivity index (χ2n) is 8.45. The van der Waals surface area contributed by atoms with Gasteiger partial charge in [-0.15, -0.1) is 0 Å². The molecule has 192 valence electrons. The zero-order chi connectivity index (χ0) is 26.4. The highest BCUT2D eigenvalue weighted by molar-refractivity contribution is 6.09. The third-order valence-corrected chi connectivity index (χ3v) is 5.97. The van der Waals surface area contributed by atoms with Crippen molar-refractivity contribution in [2.75, 3.05) is 7.11 Å². The number of benzene rings is 2. The summed E-state index contributed by atoms with van der Waals surface area (Å²) in [6.07, 6.45) is -0.683. The summed E-state index contributed by atoms with van der Waals surface area (Å²) in [6, 6.07) is 14.0. The second kappa shape index (κ2) is 11.2. The largest absolute Gasteiger partial charge is 0.497 e. The van der Waals surface area contributed by atoms with Gasteiger partial charge in [-0.2, -0.15) is 13.2 Å². The van der Waals surface area contributed by atoms with Crippen LogP contribution in [0.2, 0.25) is 0 Å². The number of carbonyl (C=O) groups is 2. The van der Waals surface area contributed by atoms with Crippen molar-refractivity contribution in [3.05, 3.63) is 95.3 Å². The Labute approximate surface area is 211 Å². The first-order valence-corrected chi connectivity index (χ1v) is 11.5. The number of nitrogens with zero attached hydrogens (tertiary/aromatic N) is 2. The summed E-state index contributed by atoms with van der Waals surface area (Å²) in [5, 5.41) is 2.71. The van der Waals surface area contributed by atoms with Crippen molar-refractivity contribution in [1.82, 2.24) is 10.3 Å². The van der Waals surface area contributed by atoms with E-state index in [9.17, 15) is 22.8 Å². The third-order valence-electron chi connectivity index (χ3n) is 5.97. The third kappa shape index (κ3) is 6.52. The molecule has 1 N–H and O–H groups in total. The van der Waals surface area contributed by atoms with E-state index >= 15 is 0 Å². The van der Waals surface area contributed by atoms with Gasteiger partial charge >= 0.3 is 18.2 Å². The average Bonchev–Trinajstić information content (AvgIpc) is 2.90. The Kier molecular flexibility index (Phi) is 7.86. The Morgan fingerprint density at radius 2 is 1.73 bits per heavy atom. The fraction of sp³-hybridized carbons (Fsp3) is 0.259. The number of amides is 2. The van der Waals surface area contributed by atoms with E-state index in [-0.39, 0.29) is 18.6 Å². The average molecular weight is 512 g/mol. The first-order valence-electron chi connectivity index (χ1n) is 11.5. The second-order valence-corrected chi connectivity index (χ2v) is 8.45. The Morgan fingerprint density at radius 3 is 2.46 bits per heavy atom. The molecule has 0 spiro atoms. The Bertz CT molecular complexity index is 1300. The fourth-order valence-electron chi connectivity index (χ4n) is 4.15. The van der Waals surface area contributed by atoms with Gasteiger partial charge in [0.05, 0.1) is 18.7 Å². The molecule has 0 aliphatic carbocycles. The molecule has 4 rings (SSSR count). The first kappa shape index (κ1) is 25.9. The summed E-state index contributed by atoms with van der Waals surface area (Å²) in [5.41, 5.74) is 1.23. The number of urea groups is 1. The van der Waals surface area contributed by atoms with Gasteiger partial charge in [0.2, 0.25) is 0 Å². The van der Waals surface area contributed by atoms with Gasteiger partial charge in [0.25, 0.3) is 0 Å². The molecule has 37 heavy (non-hydrogen) atoms. The van der Waals surface area contributed by atoms with Gasteiger partial charge < -0.3 is 14.8 Å². The Hall–Kier alpha value is -4.21. The lowest BCUT2D eigenvalue weighted by Gasteiger charge is -2.31. The van der Waals surface area contributed by atoms with Gasteiger partial charge in [0.1, 0.15) is 18.3 Å². The van der Waals surface area contributed by atoms with Crippen LogP contribution in [0, 0.1) is 5.92 Å². The van der Waals surface area contributed by atoms with E-state index in [0.717, 1.165) is 17.7 Å². The van der Waals surface area contributed by atoms with Gasteiger partial charge in [0, 0.05) is 18.1 Å². The molecule has 0 fully saturated rings. The fourth-order valence-corrected chi connectivity index (χ4v) is 4.15. The molecule has 3 aromatic rings. The number of methoxy groups -OCH3 is 1. The topological polar surface area (TPSA) is 89.9 Å². The molecule has 2 heterocycles. The molecular formula is C27H24F3N3O4. The Morgan fingerprint density at radius 1 is 1.00 bits per heavy atom. The molecule has 0 bridgehead atoms. The van der Waals surface area contributed by atoms with Crippen molar-refractivity contribution in [3.63, 3.8) is 0 Å². The molecule has 2 atom stereocenters. The van der Waals surface area contributed by atoms with E-state index in [1.54, 1.807) is 19.2 Å². The number of aromatic nitrogens is 1. The van der Waals surface area contributed by atoms with Crippen molar-refractivity contribution in [3.8, 4) is 5.75 Å². The number of hydrogen-bond acceptors (Lipinski definition) is 5. The van der Waals surface area contributed by atoms with Crippen molar-refractivity contribution in [1.29, 1.82) is 0 Å². The summed E-state index contributed by atoms with van der Waals surface area (Å²) in [5.74, 6) is -1.01. The molecular weight excluding hydrogens is 487 g/mol. The number of halogens is 3. The number of carbonyl (C=O) groups excluding carboxylic acids is 2. The molecule has 7 nitrogen and oxygen atoms in total. The lowest BCUT2D eigenvalue weighted by atomic mass is 9.85. The van der Waals surface area contributed by atoms with Crippen LogP contribution in [0.25, 0.3) is 0 Å². The van der Waals surface area contributed by atoms with Gasteiger partial charge in [-0.1, -0.05) is 24.3 Å². The molecule has 10 heteroatoms. The minimum atomic E-state index is -4.51. The van der Waals surface area contributed by atoms with Crippen LogP contribution < -0.4 is 10.1 Å². The number of hydrogen-bond donors (Lipinski definition) is 1. The van der Waals surface area contributed by atoms with E-state index in [1.807, 2.05) is 24.3 Å². The standard InChI is InChI=1S/C27H24F3N3O4/c1-36-21-7-3-4-17(15-21)8-9-22-23(24(33-26(35)32-22)19-10-12-31-13-11-19)25(34)37-16-18-5-2-6-20(14-18)27(28,29)30/h2-7,10-15,23-24H,8-9,16H2,1H3,(H,33,35). The predicted octanol–water partition coefficient (Wildman–Crippen LogP) is 5.31. The van der Waals surface area contributed by atoms with E-state index in [1.165, 1.54) is 24.5 Å². The van der Waals surface area contributed by atoms with Crippen molar-refractivity contribution < 1.29 is 32.2 Å². The normalized spacial score (nSPS) is 17.5. The highest BCUT2D eigenvalue weighted by Gasteiger charge is 2.39. The maximum Gasteiger partial charge on any atom is 0.416 e. The number of aliphatic imine (C=N–C) groups is 1. The quantitative estimate of drug-likeness (QED) is 0.414. The van der Waals surface area contributed by atoms with Gasteiger partial charge in [0.15, 0.2) is 0 Å².